The topological polar surface area (TPSA) is 68.4 Å². The molecule has 1 N–H and O–H groups in total. The van der Waals surface area contributed by atoms with Crippen LogP contribution in [-0.2, 0) is 11.3 Å². The zero-order chi connectivity index (χ0) is 25.8. The van der Waals surface area contributed by atoms with Crippen LogP contribution in [-0.4, -0.2) is 81.2 Å². The van der Waals surface area contributed by atoms with E-state index in [4.69, 9.17) is 4.74 Å². The number of rotatable bonds is 7. The lowest BCUT2D eigenvalue weighted by Gasteiger charge is -2.38. The number of carbonyl (C=O) groups is 2. The highest BCUT2D eigenvalue weighted by Gasteiger charge is 2.33. The Labute approximate surface area is 220 Å². The van der Waals surface area contributed by atoms with Crippen LogP contribution >= 0.6 is 0 Å². The Morgan fingerprint density at radius 2 is 1.68 bits per heavy atom. The number of hydrogen-bond donors (Lipinski definition) is 1. The first kappa shape index (κ1) is 25.5. The van der Waals surface area contributed by atoms with Gasteiger partial charge in [0.2, 0.25) is 5.91 Å². The number of urea groups is 1. The van der Waals surface area contributed by atoms with Crippen LogP contribution in [0, 0.1) is 12.8 Å². The maximum absolute atomic E-state index is 13.4. The minimum absolute atomic E-state index is 0.130. The van der Waals surface area contributed by atoms with Gasteiger partial charge in [-0.1, -0.05) is 12.1 Å². The fraction of sp³-hybridized carbons (Fsp3) is 0.517. The standard InChI is InChI=1S/C29H39N5O3/c1-22-19-25(32-14-9-24(10-15-32)20-31-17-12-30-13-18-31)5-8-27(22)33-16-11-28(35)34(29(33)36)21-23-3-6-26(37-2)7-4-23/h3-8,19,24,30H,9-18,20-21H2,1-2H3. The Balaban J connectivity index is 1.21. The molecule has 8 heteroatoms. The number of benzene rings is 2. The molecular weight excluding hydrogens is 466 g/mol. The molecule has 3 aliphatic heterocycles. The fourth-order valence-corrected chi connectivity index (χ4v) is 5.76. The van der Waals surface area contributed by atoms with Gasteiger partial charge in [-0.2, -0.15) is 0 Å². The van der Waals surface area contributed by atoms with Crippen molar-refractivity contribution >= 4 is 23.3 Å². The van der Waals surface area contributed by atoms with Crippen LogP contribution in [0.4, 0.5) is 16.2 Å². The molecule has 0 atom stereocenters. The molecule has 0 aliphatic carbocycles. The van der Waals surface area contributed by atoms with Crippen molar-refractivity contribution in [3.05, 3.63) is 53.6 Å². The smallest absolute Gasteiger partial charge is 0.331 e. The summed E-state index contributed by atoms with van der Waals surface area (Å²) in [4.78, 5) is 34.2. The Morgan fingerprint density at radius 3 is 2.35 bits per heavy atom. The molecule has 0 saturated carbocycles. The van der Waals surface area contributed by atoms with E-state index < -0.39 is 0 Å². The SMILES string of the molecule is COc1ccc(CN2C(=O)CCN(c3ccc(N4CCC(CN5CCNCC5)CC4)cc3C)C2=O)cc1. The van der Waals surface area contributed by atoms with Gasteiger partial charge >= 0.3 is 6.03 Å². The molecule has 5 rings (SSSR count). The molecule has 3 fully saturated rings. The molecule has 3 heterocycles. The van der Waals surface area contributed by atoms with Crippen molar-refractivity contribution in [2.24, 2.45) is 5.92 Å². The molecule has 37 heavy (non-hydrogen) atoms. The number of amides is 3. The van der Waals surface area contributed by atoms with Crippen LogP contribution in [0.1, 0.15) is 30.4 Å². The maximum Gasteiger partial charge on any atom is 0.331 e. The number of nitrogens with one attached hydrogen (secondary N) is 1. The highest BCUT2D eigenvalue weighted by atomic mass is 16.5. The van der Waals surface area contributed by atoms with Crippen molar-refractivity contribution in [1.82, 2.24) is 15.1 Å². The Morgan fingerprint density at radius 1 is 0.946 bits per heavy atom. The minimum Gasteiger partial charge on any atom is -0.497 e. The van der Waals surface area contributed by atoms with Gasteiger partial charge in [0.25, 0.3) is 0 Å². The first-order chi connectivity index (χ1) is 18.0. The fourth-order valence-electron chi connectivity index (χ4n) is 5.76. The van der Waals surface area contributed by atoms with Crippen molar-refractivity contribution in [1.29, 1.82) is 0 Å². The largest absolute Gasteiger partial charge is 0.497 e. The van der Waals surface area contributed by atoms with Crippen LogP contribution < -0.4 is 19.9 Å². The van der Waals surface area contributed by atoms with E-state index >= 15 is 0 Å². The van der Waals surface area contributed by atoms with Gasteiger partial charge in [0.15, 0.2) is 0 Å². The summed E-state index contributed by atoms with van der Waals surface area (Å²) >= 11 is 0. The van der Waals surface area contributed by atoms with Crippen LogP contribution in [0.3, 0.4) is 0 Å². The molecule has 0 spiro atoms. The molecule has 2 aromatic carbocycles. The van der Waals surface area contributed by atoms with E-state index in [1.807, 2.05) is 24.3 Å². The minimum atomic E-state index is -0.253. The van der Waals surface area contributed by atoms with E-state index in [0.29, 0.717) is 13.0 Å². The summed E-state index contributed by atoms with van der Waals surface area (Å²) < 4.78 is 5.22. The summed E-state index contributed by atoms with van der Waals surface area (Å²) in [6.07, 6.45) is 2.76. The molecule has 0 unspecified atom stereocenters. The summed E-state index contributed by atoms with van der Waals surface area (Å²) in [5.74, 6) is 1.39. The van der Waals surface area contributed by atoms with Gasteiger partial charge in [-0.3, -0.25) is 14.6 Å². The second kappa shape index (κ2) is 11.5. The van der Waals surface area contributed by atoms with E-state index in [-0.39, 0.29) is 18.5 Å². The lowest BCUT2D eigenvalue weighted by molar-refractivity contribution is -0.129. The molecule has 3 saturated heterocycles. The molecule has 8 nitrogen and oxygen atoms in total. The number of aryl methyl sites for hydroxylation is 1. The predicted molar refractivity (Wildman–Crippen MR) is 146 cm³/mol. The summed E-state index contributed by atoms with van der Waals surface area (Å²) in [7, 11) is 1.62. The third-order valence-corrected chi connectivity index (χ3v) is 7.99. The molecular formula is C29H39N5O3. The normalized spacial score (nSPS) is 20.0. The number of piperazine rings is 1. The van der Waals surface area contributed by atoms with Gasteiger partial charge in [0.05, 0.1) is 13.7 Å². The van der Waals surface area contributed by atoms with E-state index in [1.54, 1.807) is 12.0 Å². The zero-order valence-electron chi connectivity index (χ0n) is 22.1. The molecule has 0 bridgehead atoms. The second-order valence-electron chi connectivity index (χ2n) is 10.5. The van der Waals surface area contributed by atoms with Crippen LogP contribution in [0.2, 0.25) is 0 Å². The molecule has 3 aliphatic rings. The molecule has 2 aromatic rings. The number of ether oxygens (including phenoxy) is 1. The maximum atomic E-state index is 13.4. The predicted octanol–water partition coefficient (Wildman–Crippen LogP) is 3.48. The second-order valence-corrected chi connectivity index (χ2v) is 10.5. The van der Waals surface area contributed by atoms with E-state index in [9.17, 15) is 9.59 Å². The highest BCUT2D eigenvalue weighted by molar-refractivity contribution is 6.06. The Kier molecular flexibility index (Phi) is 7.96. The number of anilines is 2. The van der Waals surface area contributed by atoms with Crippen molar-refractivity contribution < 1.29 is 14.3 Å². The van der Waals surface area contributed by atoms with E-state index in [1.165, 1.54) is 43.1 Å². The number of carbonyl (C=O) groups excluding carboxylic acids is 2. The van der Waals surface area contributed by atoms with Gasteiger partial charge < -0.3 is 19.9 Å². The molecule has 3 amide bonds. The third-order valence-electron chi connectivity index (χ3n) is 7.99. The van der Waals surface area contributed by atoms with Gasteiger partial charge in [0.1, 0.15) is 5.75 Å². The van der Waals surface area contributed by atoms with Gasteiger partial charge in [-0.05, 0) is 67.1 Å². The lowest BCUT2D eigenvalue weighted by Crippen LogP contribution is -2.52. The average Bonchev–Trinajstić information content (AvgIpc) is 2.93. The lowest BCUT2D eigenvalue weighted by atomic mass is 9.95. The van der Waals surface area contributed by atoms with E-state index in [2.05, 4.69) is 40.2 Å². The zero-order valence-corrected chi connectivity index (χ0v) is 22.1. The highest BCUT2D eigenvalue weighted by Crippen LogP contribution is 2.31. The quantitative estimate of drug-likeness (QED) is 0.622. The van der Waals surface area contributed by atoms with Crippen molar-refractivity contribution in [3.8, 4) is 5.75 Å². The van der Waals surface area contributed by atoms with Crippen molar-refractivity contribution in [2.75, 3.05) is 69.3 Å². The van der Waals surface area contributed by atoms with Gasteiger partial charge in [0, 0.05) is 70.2 Å². The summed E-state index contributed by atoms with van der Waals surface area (Å²) in [5, 5.41) is 3.44. The Hall–Kier alpha value is -3.10. The van der Waals surface area contributed by atoms with Crippen LogP contribution in [0.15, 0.2) is 42.5 Å². The number of nitrogens with zero attached hydrogens (tertiary/aromatic N) is 4. The van der Waals surface area contributed by atoms with Gasteiger partial charge in [-0.15, -0.1) is 0 Å². The molecule has 198 valence electrons. The number of imide groups is 1. The molecule has 0 aromatic heterocycles. The Bertz CT molecular complexity index is 1090. The number of methoxy groups -OCH3 is 1. The summed E-state index contributed by atoms with van der Waals surface area (Å²) in [6.45, 7) is 10.6. The van der Waals surface area contributed by atoms with Crippen molar-refractivity contribution in [2.45, 2.75) is 32.7 Å². The van der Waals surface area contributed by atoms with Crippen LogP contribution in [0.5, 0.6) is 5.75 Å². The third kappa shape index (κ3) is 5.91. The average molecular weight is 506 g/mol. The van der Waals surface area contributed by atoms with Crippen LogP contribution in [0.25, 0.3) is 0 Å². The van der Waals surface area contributed by atoms with Crippen molar-refractivity contribution in [3.63, 3.8) is 0 Å². The number of hydrogen-bond acceptors (Lipinski definition) is 6. The number of piperidine rings is 1. The summed E-state index contributed by atoms with van der Waals surface area (Å²) in [5.41, 5.74) is 4.07. The first-order valence-corrected chi connectivity index (χ1v) is 13.6. The van der Waals surface area contributed by atoms with Gasteiger partial charge in [-0.25, -0.2) is 4.79 Å². The summed E-state index contributed by atoms with van der Waals surface area (Å²) in [6, 6.07) is 13.6. The molecule has 0 radical (unpaired) electrons. The van der Waals surface area contributed by atoms with E-state index in [0.717, 1.165) is 54.7 Å². The first-order valence-electron chi connectivity index (χ1n) is 13.6. The monoisotopic (exact) mass is 505 g/mol.